The van der Waals surface area contributed by atoms with E-state index in [2.05, 4.69) is 4.74 Å². The number of carbonyl (C=O) groups excluding carboxylic acids is 1. The molecule has 1 rings (SSSR count). The number of esters is 1. The number of aliphatic hydroxyl groups excluding tert-OH is 1. The average Bonchev–Trinajstić information content (AvgIpc) is 2.32. The average molecular weight is 263 g/mol. The molecule has 0 radical (unpaired) electrons. The Morgan fingerprint density at radius 2 is 2.12 bits per heavy atom. The second-order valence-corrected chi connectivity index (χ2v) is 3.75. The van der Waals surface area contributed by atoms with Crippen molar-refractivity contribution in [2.75, 3.05) is 14.2 Å². The lowest BCUT2D eigenvalue weighted by Crippen LogP contribution is -2.15. The molecule has 1 atom stereocenters. The molecule has 0 spiro atoms. The van der Waals surface area contributed by atoms with Gasteiger partial charge in [-0.05, 0) is 18.6 Å². The van der Waals surface area contributed by atoms with Crippen LogP contribution >= 0.6 is 11.6 Å². The van der Waals surface area contributed by atoms with Gasteiger partial charge < -0.3 is 14.6 Å². The topological polar surface area (TPSA) is 55.8 Å². The van der Waals surface area contributed by atoms with Crippen molar-refractivity contribution in [3.05, 3.63) is 28.0 Å². The van der Waals surface area contributed by atoms with Gasteiger partial charge in [0.2, 0.25) is 0 Å². The Kier molecular flexibility index (Phi) is 4.31. The number of aryl methyl sites for hydroxylation is 1. The summed E-state index contributed by atoms with van der Waals surface area (Å²) < 4.78 is 23.0. The molecule has 1 aromatic rings. The van der Waals surface area contributed by atoms with Crippen molar-refractivity contribution < 1.29 is 23.8 Å². The highest BCUT2D eigenvalue weighted by Gasteiger charge is 2.26. The normalized spacial score (nSPS) is 12.1. The fourth-order valence-electron chi connectivity index (χ4n) is 1.38. The first-order chi connectivity index (χ1) is 7.93. The highest BCUT2D eigenvalue weighted by Crippen LogP contribution is 2.35. The summed E-state index contributed by atoms with van der Waals surface area (Å²) in [6.45, 7) is 1.61. The molecule has 4 nitrogen and oxygen atoms in total. The Bertz CT molecular complexity index is 448. The van der Waals surface area contributed by atoms with Crippen LogP contribution in [-0.2, 0) is 9.53 Å². The number of ether oxygens (including phenoxy) is 2. The molecule has 0 aliphatic heterocycles. The summed E-state index contributed by atoms with van der Waals surface area (Å²) in [5, 5.41) is 9.69. The Morgan fingerprint density at radius 1 is 1.53 bits per heavy atom. The van der Waals surface area contributed by atoms with Gasteiger partial charge in [0.25, 0.3) is 0 Å². The molecule has 0 aromatic heterocycles. The van der Waals surface area contributed by atoms with Crippen molar-refractivity contribution in [3.8, 4) is 5.75 Å². The van der Waals surface area contributed by atoms with E-state index in [1.807, 2.05) is 0 Å². The monoisotopic (exact) mass is 262 g/mol. The second-order valence-electron chi connectivity index (χ2n) is 3.37. The van der Waals surface area contributed by atoms with Gasteiger partial charge >= 0.3 is 5.97 Å². The summed E-state index contributed by atoms with van der Waals surface area (Å²) >= 11 is 5.83. The fourth-order valence-corrected chi connectivity index (χ4v) is 1.60. The molecule has 1 N–H and O–H groups in total. The summed E-state index contributed by atoms with van der Waals surface area (Å²) in [5.74, 6) is -2.03. The number of halogens is 2. The predicted octanol–water partition coefficient (Wildman–Crippen LogP) is 2.00. The number of aliphatic hydroxyl groups is 1. The largest absolute Gasteiger partial charge is 0.492 e. The Hall–Kier alpha value is -1.33. The summed E-state index contributed by atoms with van der Waals surface area (Å²) in [4.78, 5) is 11.1. The van der Waals surface area contributed by atoms with Gasteiger partial charge in [0.1, 0.15) is 0 Å². The molecule has 0 heterocycles. The number of rotatable bonds is 3. The van der Waals surface area contributed by atoms with Crippen LogP contribution in [0.1, 0.15) is 17.2 Å². The van der Waals surface area contributed by atoms with E-state index in [1.165, 1.54) is 13.2 Å². The molecule has 0 bridgehead atoms. The van der Waals surface area contributed by atoms with Crippen molar-refractivity contribution >= 4 is 17.6 Å². The molecule has 0 amide bonds. The third kappa shape index (κ3) is 2.50. The van der Waals surface area contributed by atoms with Gasteiger partial charge in [-0.25, -0.2) is 9.18 Å². The zero-order valence-electron chi connectivity index (χ0n) is 9.58. The molecule has 0 fully saturated rings. The number of hydrogen-bond acceptors (Lipinski definition) is 4. The molecule has 6 heteroatoms. The molecular formula is C11H12ClFO4. The van der Waals surface area contributed by atoms with Crippen LogP contribution in [0.5, 0.6) is 5.75 Å². The number of carbonyl (C=O) groups is 1. The van der Waals surface area contributed by atoms with E-state index in [0.717, 1.165) is 7.11 Å². The van der Waals surface area contributed by atoms with E-state index < -0.39 is 17.9 Å². The van der Waals surface area contributed by atoms with Gasteiger partial charge in [-0.15, -0.1) is 0 Å². The van der Waals surface area contributed by atoms with Crippen molar-refractivity contribution in [1.29, 1.82) is 0 Å². The van der Waals surface area contributed by atoms with Crippen LogP contribution in [-0.4, -0.2) is 25.3 Å². The van der Waals surface area contributed by atoms with Gasteiger partial charge in [-0.3, -0.25) is 0 Å². The molecule has 94 valence electrons. The smallest absolute Gasteiger partial charge is 0.339 e. The van der Waals surface area contributed by atoms with E-state index in [0.29, 0.717) is 5.56 Å². The minimum atomic E-state index is -1.70. The first kappa shape index (κ1) is 13.7. The minimum absolute atomic E-state index is 0.103. The predicted molar refractivity (Wildman–Crippen MR) is 59.7 cm³/mol. The molecule has 0 aliphatic rings. The maximum Gasteiger partial charge on any atom is 0.339 e. The summed E-state index contributed by atoms with van der Waals surface area (Å²) in [6, 6.07) is 1.28. The van der Waals surface area contributed by atoms with Crippen LogP contribution < -0.4 is 4.74 Å². The standard InChI is InChI=1S/C11H12ClFO4/c1-5-4-6(9(14)11(15)17-3)8(13)10(16-2)7(5)12/h4,9,14H,1-3H3. The van der Waals surface area contributed by atoms with Crippen LogP contribution in [0.15, 0.2) is 6.07 Å². The summed E-state index contributed by atoms with van der Waals surface area (Å²) in [5.41, 5.74) is 0.262. The first-order valence-electron chi connectivity index (χ1n) is 4.72. The molecule has 17 heavy (non-hydrogen) atoms. The lowest BCUT2D eigenvalue weighted by atomic mass is 10.0. The van der Waals surface area contributed by atoms with Gasteiger partial charge in [0.15, 0.2) is 17.7 Å². The zero-order chi connectivity index (χ0) is 13.2. The maximum absolute atomic E-state index is 13.9. The SMILES string of the molecule is COC(=O)C(O)c1cc(C)c(Cl)c(OC)c1F. The molecular weight excluding hydrogens is 251 g/mol. The number of methoxy groups -OCH3 is 2. The van der Waals surface area contributed by atoms with E-state index in [1.54, 1.807) is 6.92 Å². The first-order valence-corrected chi connectivity index (χ1v) is 5.10. The van der Waals surface area contributed by atoms with Crippen molar-refractivity contribution in [3.63, 3.8) is 0 Å². The Labute approximate surface area is 103 Å². The van der Waals surface area contributed by atoms with Crippen LogP contribution in [0, 0.1) is 12.7 Å². The molecule has 0 saturated heterocycles. The Morgan fingerprint density at radius 3 is 2.59 bits per heavy atom. The van der Waals surface area contributed by atoms with E-state index in [-0.39, 0.29) is 16.3 Å². The van der Waals surface area contributed by atoms with Crippen LogP contribution in [0.2, 0.25) is 5.02 Å². The third-order valence-corrected chi connectivity index (χ3v) is 2.76. The highest BCUT2D eigenvalue weighted by atomic mass is 35.5. The van der Waals surface area contributed by atoms with E-state index in [4.69, 9.17) is 16.3 Å². The quantitative estimate of drug-likeness (QED) is 0.847. The van der Waals surface area contributed by atoms with Crippen LogP contribution in [0.25, 0.3) is 0 Å². The van der Waals surface area contributed by atoms with Crippen molar-refractivity contribution in [1.82, 2.24) is 0 Å². The number of hydrogen-bond donors (Lipinski definition) is 1. The lowest BCUT2D eigenvalue weighted by molar-refractivity contribution is -0.150. The summed E-state index contributed by atoms with van der Waals surface area (Å²) in [6.07, 6.45) is -1.70. The Balaban J connectivity index is 3.35. The van der Waals surface area contributed by atoms with Gasteiger partial charge in [0, 0.05) is 5.56 Å². The maximum atomic E-state index is 13.9. The van der Waals surface area contributed by atoms with Gasteiger partial charge in [0.05, 0.1) is 19.2 Å². The molecule has 0 aliphatic carbocycles. The minimum Gasteiger partial charge on any atom is -0.492 e. The highest BCUT2D eigenvalue weighted by molar-refractivity contribution is 6.32. The van der Waals surface area contributed by atoms with Crippen LogP contribution in [0.3, 0.4) is 0 Å². The zero-order valence-corrected chi connectivity index (χ0v) is 10.3. The lowest BCUT2D eigenvalue weighted by Gasteiger charge is -2.14. The van der Waals surface area contributed by atoms with Gasteiger partial charge in [-0.1, -0.05) is 11.6 Å². The molecule has 1 aromatic carbocycles. The fraction of sp³-hybridized carbons (Fsp3) is 0.364. The van der Waals surface area contributed by atoms with E-state index in [9.17, 15) is 14.3 Å². The third-order valence-electron chi connectivity index (χ3n) is 2.29. The molecule has 0 saturated carbocycles. The second kappa shape index (κ2) is 5.33. The molecule has 1 unspecified atom stereocenters. The van der Waals surface area contributed by atoms with E-state index >= 15 is 0 Å². The van der Waals surface area contributed by atoms with Crippen LogP contribution in [0.4, 0.5) is 4.39 Å². The van der Waals surface area contributed by atoms with Crippen molar-refractivity contribution in [2.45, 2.75) is 13.0 Å². The number of benzene rings is 1. The van der Waals surface area contributed by atoms with Gasteiger partial charge in [-0.2, -0.15) is 0 Å². The van der Waals surface area contributed by atoms with Crippen molar-refractivity contribution in [2.24, 2.45) is 0 Å². The summed E-state index contributed by atoms with van der Waals surface area (Å²) in [7, 11) is 2.35.